The summed E-state index contributed by atoms with van der Waals surface area (Å²) in [6.45, 7) is 0. The lowest BCUT2D eigenvalue weighted by Gasteiger charge is -2.04. The normalized spacial score (nSPS) is 10.4. The van der Waals surface area contributed by atoms with Gasteiger partial charge in [-0.3, -0.25) is 4.79 Å². The number of ketones is 1. The minimum atomic E-state index is -0.485. The number of anilines is 1. The fraction of sp³-hybridized carbons (Fsp3) is 0.133. The van der Waals surface area contributed by atoms with E-state index in [9.17, 15) is 9.18 Å². The van der Waals surface area contributed by atoms with Gasteiger partial charge in [0, 0.05) is 16.6 Å². The quantitative estimate of drug-likeness (QED) is 0.683. The van der Waals surface area contributed by atoms with Gasteiger partial charge in [0.05, 0.1) is 5.56 Å². The number of nitrogen functional groups attached to an aromatic ring is 1. The largest absolute Gasteiger partial charge is 0.399 e. The number of Topliss-reactive ketones (excluding diaryl/α,β-unsaturated/α-hetero) is 1. The highest BCUT2D eigenvalue weighted by Crippen LogP contribution is 2.18. The minimum absolute atomic E-state index is 0.123. The number of hydrogen-bond acceptors (Lipinski definition) is 2. The zero-order valence-electron chi connectivity index (χ0n) is 10.2. The Morgan fingerprint density at radius 3 is 2.74 bits per heavy atom. The van der Waals surface area contributed by atoms with E-state index in [1.54, 1.807) is 12.1 Å². The van der Waals surface area contributed by atoms with Gasteiger partial charge in [-0.15, -0.1) is 0 Å². The van der Waals surface area contributed by atoms with E-state index >= 15 is 0 Å². The van der Waals surface area contributed by atoms with Crippen LogP contribution in [0.25, 0.3) is 0 Å². The number of aryl methyl sites for hydroxylation is 1. The molecule has 2 rings (SSSR count). The Morgan fingerprint density at radius 1 is 1.21 bits per heavy atom. The van der Waals surface area contributed by atoms with Gasteiger partial charge in [0.25, 0.3) is 0 Å². The molecule has 0 spiro atoms. The molecule has 2 aromatic rings. The van der Waals surface area contributed by atoms with Crippen LogP contribution in [-0.4, -0.2) is 5.78 Å². The zero-order chi connectivity index (χ0) is 13.8. The fourth-order valence-corrected chi connectivity index (χ4v) is 2.21. The summed E-state index contributed by atoms with van der Waals surface area (Å²) in [7, 11) is 0. The third kappa shape index (κ3) is 3.64. The van der Waals surface area contributed by atoms with Crippen molar-refractivity contribution in [2.24, 2.45) is 0 Å². The van der Waals surface area contributed by atoms with Crippen LogP contribution in [0.2, 0.25) is 0 Å². The van der Waals surface area contributed by atoms with Gasteiger partial charge in [-0.05, 0) is 42.3 Å². The van der Waals surface area contributed by atoms with Gasteiger partial charge in [0.1, 0.15) is 5.82 Å². The zero-order valence-corrected chi connectivity index (χ0v) is 11.8. The predicted molar refractivity (Wildman–Crippen MR) is 77.6 cm³/mol. The third-order valence-corrected chi connectivity index (χ3v) is 3.31. The first-order valence-electron chi connectivity index (χ1n) is 5.89. The molecule has 0 aromatic heterocycles. The monoisotopic (exact) mass is 321 g/mol. The maximum atomic E-state index is 13.5. The number of rotatable bonds is 4. The van der Waals surface area contributed by atoms with E-state index in [1.165, 1.54) is 12.1 Å². The molecule has 0 aliphatic heterocycles. The first kappa shape index (κ1) is 13.7. The topological polar surface area (TPSA) is 43.1 Å². The average molecular weight is 322 g/mol. The summed E-state index contributed by atoms with van der Waals surface area (Å²) in [6, 6.07) is 11.7. The van der Waals surface area contributed by atoms with Crippen LogP contribution < -0.4 is 5.73 Å². The fourth-order valence-electron chi connectivity index (χ4n) is 1.85. The number of benzene rings is 2. The molecule has 0 aliphatic carbocycles. The first-order valence-corrected chi connectivity index (χ1v) is 6.68. The lowest BCUT2D eigenvalue weighted by Crippen LogP contribution is -2.04. The Balaban J connectivity index is 2.07. The molecular weight excluding hydrogens is 309 g/mol. The summed E-state index contributed by atoms with van der Waals surface area (Å²) < 4.78 is 14.2. The molecule has 0 atom stereocenters. The van der Waals surface area contributed by atoms with Crippen molar-refractivity contribution in [1.82, 2.24) is 0 Å². The van der Waals surface area contributed by atoms with Crippen LogP contribution in [0.3, 0.4) is 0 Å². The van der Waals surface area contributed by atoms with Crippen LogP contribution >= 0.6 is 15.9 Å². The van der Waals surface area contributed by atoms with Crippen LogP contribution in [0, 0.1) is 5.82 Å². The highest BCUT2D eigenvalue weighted by atomic mass is 79.9. The van der Waals surface area contributed by atoms with Crippen LogP contribution in [0.15, 0.2) is 46.9 Å². The Bertz CT molecular complexity index is 613. The molecule has 2 aromatic carbocycles. The SMILES string of the molecule is Nc1cccc(CCC(=O)c2cc(Br)ccc2F)c1. The molecule has 0 saturated heterocycles. The number of halogens is 2. The smallest absolute Gasteiger partial charge is 0.166 e. The molecule has 0 bridgehead atoms. The van der Waals surface area contributed by atoms with E-state index in [4.69, 9.17) is 5.73 Å². The van der Waals surface area contributed by atoms with Crippen LogP contribution in [0.1, 0.15) is 22.3 Å². The predicted octanol–water partition coefficient (Wildman–Crippen LogP) is 3.99. The molecule has 0 heterocycles. The molecule has 0 radical (unpaired) electrons. The molecule has 0 unspecified atom stereocenters. The molecule has 19 heavy (non-hydrogen) atoms. The molecule has 0 fully saturated rings. The summed E-state index contributed by atoms with van der Waals surface area (Å²) in [5.74, 6) is -0.693. The van der Waals surface area contributed by atoms with Crippen molar-refractivity contribution in [3.8, 4) is 0 Å². The van der Waals surface area contributed by atoms with Crippen molar-refractivity contribution in [1.29, 1.82) is 0 Å². The maximum Gasteiger partial charge on any atom is 0.166 e. The Labute approximate surface area is 119 Å². The number of nitrogens with two attached hydrogens (primary N) is 1. The van der Waals surface area contributed by atoms with E-state index < -0.39 is 5.82 Å². The van der Waals surface area contributed by atoms with Crippen molar-refractivity contribution in [2.45, 2.75) is 12.8 Å². The van der Waals surface area contributed by atoms with E-state index in [1.807, 2.05) is 18.2 Å². The van der Waals surface area contributed by atoms with Gasteiger partial charge in [0.2, 0.25) is 0 Å². The molecule has 2 N–H and O–H groups in total. The highest BCUT2D eigenvalue weighted by molar-refractivity contribution is 9.10. The summed E-state index contributed by atoms with van der Waals surface area (Å²) in [4.78, 5) is 12.0. The average Bonchev–Trinajstić information content (AvgIpc) is 2.39. The Hall–Kier alpha value is -1.68. The van der Waals surface area contributed by atoms with Crippen molar-refractivity contribution in [3.63, 3.8) is 0 Å². The second kappa shape index (κ2) is 5.97. The number of hydrogen-bond donors (Lipinski definition) is 1. The molecular formula is C15H13BrFNO. The highest BCUT2D eigenvalue weighted by Gasteiger charge is 2.12. The molecule has 0 amide bonds. The van der Waals surface area contributed by atoms with Crippen molar-refractivity contribution in [2.75, 3.05) is 5.73 Å². The minimum Gasteiger partial charge on any atom is -0.399 e. The molecule has 98 valence electrons. The van der Waals surface area contributed by atoms with E-state index in [0.717, 1.165) is 5.56 Å². The number of carbonyl (C=O) groups is 1. The van der Waals surface area contributed by atoms with Gasteiger partial charge in [-0.1, -0.05) is 28.1 Å². The van der Waals surface area contributed by atoms with Crippen LogP contribution in [0.5, 0.6) is 0 Å². The van der Waals surface area contributed by atoms with Gasteiger partial charge < -0.3 is 5.73 Å². The number of carbonyl (C=O) groups excluding carboxylic acids is 1. The van der Waals surface area contributed by atoms with E-state index in [2.05, 4.69) is 15.9 Å². The third-order valence-electron chi connectivity index (χ3n) is 2.82. The van der Waals surface area contributed by atoms with Crippen LogP contribution in [-0.2, 0) is 6.42 Å². The first-order chi connectivity index (χ1) is 9.06. The van der Waals surface area contributed by atoms with Crippen molar-refractivity contribution < 1.29 is 9.18 Å². The second-order valence-electron chi connectivity index (χ2n) is 4.29. The summed E-state index contributed by atoms with van der Waals surface area (Å²) in [5, 5.41) is 0. The van der Waals surface area contributed by atoms with Crippen molar-refractivity contribution >= 4 is 27.4 Å². The van der Waals surface area contributed by atoms with E-state index in [0.29, 0.717) is 16.6 Å². The van der Waals surface area contributed by atoms with Gasteiger partial charge in [-0.25, -0.2) is 4.39 Å². The van der Waals surface area contributed by atoms with Crippen LogP contribution in [0.4, 0.5) is 10.1 Å². The standard InChI is InChI=1S/C15H13BrFNO/c16-11-5-6-14(17)13(9-11)15(19)7-4-10-2-1-3-12(18)8-10/h1-3,5-6,8-9H,4,7,18H2. The Morgan fingerprint density at radius 2 is 2.00 bits per heavy atom. The molecule has 4 heteroatoms. The summed E-state index contributed by atoms with van der Waals surface area (Å²) >= 11 is 3.23. The summed E-state index contributed by atoms with van der Waals surface area (Å²) in [6.07, 6.45) is 0.812. The molecule has 0 aliphatic rings. The molecule has 0 saturated carbocycles. The Kier molecular flexibility index (Phi) is 4.32. The lowest BCUT2D eigenvalue weighted by atomic mass is 10.0. The van der Waals surface area contributed by atoms with E-state index in [-0.39, 0.29) is 17.8 Å². The van der Waals surface area contributed by atoms with Gasteiger partial charge >= 0.3 is 0 Å². The van der Waals surface area contributed by atoms with Gasteiger partial charge in [0.15, 0.2) is 5.78 Å². The van der Waals surface area contributed by atoms with Gasteiger partial charge in [-0.2, -0.15) is 0 Å². The lowest BCUT2D eigenvalue weighted by molar-refractivity contribution is 0.0979. The molecule has 2 nitrogen and oxygen atoms in total. The summed E-state index contributed by atoms with van der Waals surface area (Å²) in [5.41, 5.74) is 7.43. The maximum absolute atomic E-state index is 13.5. The second-order valence-corrected chi connectivity index (χ2v) is 5.21. The van der Waals surface area contributed by atoms with Crippen molar-refractivity contribution in [3.05, 3.63) is 63.9 Å².